The number of nitrogens with one attached hydrogen (secondary N) is 1. The second-order valence-corrected chi connectivity index (χ2v) is 7.37. The number of fused-ring (bicyclic) bond motifs is 1. The summed E-state index contributed by atoms with van der Waals surface area (Å²) in [7, 11) is 1.60. The molecule has 146 valence electrons. The first-order valence-electron chi connectivity index (χ1n) is 9.01. The van der Waals surface area contributed by atoms with E-state index in [-0.39, 0.29) is 12.5 Å². The van der Waals surface area contributed by atoms with Crippen LogP contribution >= 0.6 is 11.3 Å². The van der Waals surface area contributed by atoms with Crippen LogP contribution in [0.1, 0.15) is 5.56 Å². The quantitative estimate of drug-likeness (QED) is 0.504. The van der Waals surface area contributed by atoms with E-state index in [0.717, 1.165) is 37.9 Å². The maximum absolute atomic E-state index is 12.3. The Kier molecular flexibility index (Phi) is 5.39. The Bertz CT molecular complexity index is 1120. The average Bonchev–Trinajstić information content (AvgIpc) is 3.18. The Labute approximate surface area is 172 Å². The lowest BCUT2D eigenvalue weighted by molar-refractivity contribution is -0.118. The van der Waals surface area contributed by atoms with Crippen molar-refractivity contribution in [3.63, 3.8) is 0 Å². The molecule has 0 saturated carbocycles. The molecule has 0 saturated heterocycles. The van der Waals surface area contributed by atoms with Crippen molar-refractivity contribution in [1.82, 2.24) is 9.97 Å². The Morgan fingerprint density at radius 2 is 1.90 bits per heavy atom. The van der Waals surface area contributed by atoms with Crippen molar-refractivity contribution in [2.45, 2.75) is 6.92 Å². The maximum Gasteiger partial charge on any atom is 0.262 e. The van der Waals surface area contributed by atoms with Crippen molar-refractivity contribution in [3.05, 3.63) is 66.4 Å². The van der Waals surface area contributed by atoms with Crippen molar-refractivity contribution in [2.24, 2.45) is 0 Å². The lowest BCUT2D eigenvalue weighted by atomic mass is 10.1. The van der Waals surface area contributed by atoms with Crippen molar-refractivity contribution in [1.29, 1.82) is 0 Å². The number of hydrogen-bond donors (Lipinski definition) is 1. The monoisotopic (exact) mass is 405 g/mol. The molecule has 29 heavy (non-hydrogen) atoms. The van der Waals surface area contributed by atoms with Crippen LogP contribution in [0.25, 0.3) is 20.9 Å². The third-order valence-corrected chi connectivity index (χ3v) is 5.37. The predicted octanol–water partition coefficient (Wildman–Crippen LogP) is 4.69. The van der Waals surface area contributed by atoms with E-state index in [9.17, 15) is 4.79 Å². The number of carbonyl (C=O) groups is 1. The van der Waals surface area contributed by atoms with Crippen molar-refractivity contribution >= 4 is 33.3 Å². The number of aryl methyl sites for hydroxylation is 1. The van der Waals surface area contributed by atoms with Gasteiger partial charge in [0.2, 0.25) is 0 Å². The summed E-state index contributed by atoms with van der Waals surface area (Å²) in [6, 6.07) is 16.8. The fraction of sp³-hybridized carbons (Fsp3) is 0.136. The molecule has 0 aliphatic rings. The lowest BCUT2D eigenvalue weighted by Gasteiger charge is -2.11. The Balaban J connectivity index is 1.41. The molecule has 0 bridgehead atoms. The molecule has 2 heterocycles. The van der Waals surface area contributed by atoms with Crippen LogP contribution in [0.3, 0.4) is 0 Å². The Morgan fingerprint density at radius 1 is 1.10 bits per heavy atom. The van der Waals surface area contributed by atoms with Gasteiger partial charge >= 0.3 is 0 Å². The smallest absolute Gasteiger partial charge is 0.262 e. The molecule has 4 aromatic rings. The van der Waals surface area contributed by atoms with Crippen LogP contribution in [0.5, 0.6) is 11.5 Å². The number of thiazole rings is 1. The van der Waals surface area contributed by atoms with Gasteiger partial charge in [0, 0.05) is 17.4 Å². The van der Waals surface area contributed by atoms with Crippen LogP contribution in [0.4, 0.5) is 5.69 Å². The van der Waals surface area contributed by atoms with Crippen LogP contribution in [-0.2, 0) is 4.79 Å². The number of carbonyl (C=O) groups excluding carboxylic acids is 1. The second-order valence-electron chi connectivity index (χ2n) is 6.39. The minimum absolute atomic E-state index is 0.0724. The molecular weight excluding hydrogens is 386 g/mol. The van der Waals surface area contributed by atoms with E-state index in [1.807, 2.05) is 37.3 Å². The normalized spacial score (nSPS) is 10.7. The molecule has 2 aromatic carbocycles. The van der Waals surface area contributed by atoms with Crippen LogP contribution in [-0.4, -0.2) is 29.6 Å². The van der Waals surface area contributed by atoms with Crippen molar-refractivity contribution < 1.29 is 14.3 Å². The summed E-state index contributed by atoms with van der Waals surface area (Å²) in [5.74, 6) is 1.12. The number of rotatable bonds is 6. The number of nitrogens with zero attached hydrogens (tertiary/aromatic N) is 2. The van der Waals surface area contributed by atoms with Gasteiger partial charge in [0.1, 0.15) is 26.9 Å². The Hall–Kier alpha value is -3.45. The first kappa shape index (κ1) is 18.9. The molecule has 2 aromatic heterocycles. The van der Waals surface area contributed by atoms with E-state index < -0.39 is 0 Å². The van der Waals surface area contributed by atoms with Crippen LogP contribution in [0.2, 0.25) is 0 Å². The summed E-state index contributed by atoms with van der Waals surface area (Å²) in [5.41, 5.74) is 3.58. The van der Waals surface area contributed by atoms with Gasteiger partial charge in [-0.25, -0.2) is 9.97 Å². The minimum atomic E-state index is -0.221. The van der Waals surface area contributed by atoms with Crippen LogP contribution in [0.15, 0.2) is 60.8 Å². The number of ether oxygens (including phenoxy) is 2. The standard InChI is InChI=1S/C22H19N3O3S/c1-14-12-15(21-25-19-4-3-11-23-22(19)29-21)5-10-18(14)24-20(26)13-28-17-8-6-16(27-2)7-9-17/h3-12H,13H2,1-2H3,(H,24,26). The van der Waals surface area contributed by atoms with Crippen molar-refractivity contribution in [2.75, 3.05) is 19.0 Å². The lowest BCUT2D eigenvalue weighted by Crippen LogP contribution is -2.20. The van der Waals surface area contributed by atoms with Crippen LogP contribution in [0, 0.1) is 6.92 Å². The van der Waals surface area contributed by atoms with Gasteiger partial charge in [0.15, 0.2) is 6.61 Å². The predicted molar refractivity (Wildman–Crippen MR) is 115 cm³/mol. The molecule has 0 aliphatic heterocycles. The van der Waals surface area contributed by atoms with Gasteiger partial charge in [0.25, 0.3) is 5.91 Å². The molecule has 4 rings (SSSR count). The zero-order valence-corrected chi connectivity index (χ0v) is 16.8. The summed E-state index contributed by atoms with van der Waals surface area (Å²) < 4.78 is 10.6. The van der Waals surface area contributed by atoms with E-state index >= 15 is 0 Å². The Morgan fingerprint density at radius 3 is 2.62 bits per heavy atom. The van der Waals surface area contributed by atoms with Gasteiger partial charge in [-0.1, -0.05) is 11.3 Å². The van der Waals surface area contributed by atoms with Crippen molar-refractivity contribution in [3.8, 4) is 22.1 Å². The first-order chi connectivity index (χ1) is 14.1. The summed E-state index contributed by atoms with van der Waals surface area (Å²) >= 11 is 1.55. The molecule has 0 fully saturated rings. The van der Waals surface area contributed by atoms with Gasteiger partial charge in [-0.3, -0.25) is 4.79 Å². The fourth-order valence-electron chi connectivity index (χ4n) is 2.84. The van der Waals surface area contributed by atoms with E-state index in [1.54, 1.807) is 48.9 Å². The molecule has 0 atom stereocenters. The zero-order chi connectivity index (χ0) is 20.2. The van der Waals surface area contributed by atoms with E-state index in [4.69, 9.17) is 9.47 Å². The maximum atomic E-state index is 12.3. The molecule has 0 spiro atoms. The molecular formula is C22H19N3O3S. The summed E-state index contributed by atoms with van der Waals surface area (Å²) in [6.45, 7) is 1.88. The van der Waals surface area contributed by atoms with Gasteiger partial charge in [-0.05, 0) is 67.1 Å². The fourth-order valence-corrected chi connectivity index (χ4v) is 3.74. The van der Waals surface area contributed by atoms with Gasteiger partial charge in [0.05, 0.1) is 7.11 Å². The van der Waals surface area contributed by atoms with Gasteiger partial charge in [-0.15, -0.1) is 0 Å². The molecule has 1 N–H and O–H groups in total. The number of anilines is 1. The highest BCUT2D eigenvalue weighted by molar-refractivity contribution is 7.21. The highest BCUT2D eigenvalue weighted by atomic mass is 32.1. The zero-order valence-electron chi connectivity index (χ0n) is 16.0. The minimum Gasteiger partial charge on any atom is -0.497 e. The third-order valence-electron chi connectivity index (χ3n) is 4.34. The number of benzene rings is 2. The number of aromatic nitrogens is 2. The van der Waals surface area contributed by atoms with Crippen LogP contribution < -0.4 is 14.8 Å². The second kappa shape index (κ2) is 8.28. The molecule has 7 heteroatoms. The summed E-state index contributed by atoms with van der Waals surface area (Å²) in [6.07, 6.45) is 1.77. The number of hydrogen-bond acceptors (Lipinski definition) is 6. The SMILES string of the molecule is COc1ccc(OCC(=O)Nc2ccc(-c3nc4cccnc4s3)cc2C)cc1. The molecule has 0 radical (unpaired) electrons. The molecule has 0 unspecified atom stereocenters. The first-order valence-corrected chi connectivity index (χ1v) is 9.83. The van der Waals surface area contributed by atoms with Gasteiger partial charge in [-0.2, -0.15) is 0 Å². The highest BCUT2D eigenvalue weighted by Crippen LogP contribution is 2.31. The molecule has 0 aliphatic carbocycles. The van der Waals surface area contributed by atoms with E-state index in [1.165, 1.54) is 0 Å². The largest absolute Gasteiger partial charge is 0.497 e. The topological polar surface area (TPSA) is 73.3 Å². The average molecular weight is 405 g/mol. The number of amides is 1. The number of pyridine rings is 1. The molecule has 6 nitrogen and oxygen atoms in total. The highest BCUT2D eigenvalue weighted by Gasteiger charge is 2.10. The summed E-state index contributed by atoms with van der Waals surface area (Å²) in [5, 5.41) is 3.80. The van der Waals surface area contributed by atoms with E-state index in [0.29, 0.717) is 5.75 Å². The molecule has 1 amide bonds. The third kappa shape index (κ3) is 4.35. The van der Waals surface area contributed by atoms with Gasteiger partial charge < -0.3 is 14.8 Å². The number of methoxy groups -OCH3 is 1. The van der Waals surface area contributed by atoms with E-state index in [2.05, 4.69) is 15.3 Å². The summed E-state index contributed by atoms with van der Waals surface area (Å²) in [4.78, 5) is 22.1.